The van der Waals surface area contributed by atoms with Crippen LogP contribution in [0.2, 0.25) is 0 Å². The summed E-state index contributed by atoms with van der Waals surface area (Å²) in [4.78, 5) is 39.9. The quantitative estimate of drug-likeness (QED) is 0.790. The lowest BCUT2D eigenvalue weighted by Gasteiger charge is -2.39. The molecule has 6 nitrogen and oxygen atoms in total. The summed E-state index contributed by atoms with van der Waals surface area (Å²) in [5.41, 5.74) is 1.60. The summed E-state index contributed by atoms with van der Waals surface area (Å²) in [6, 6.07) is 6.96. The number of carbonyl (C=O) groups excluding carboxylic acids is 2. The fraction of sp³-hybridized carbons (Fsp3) is 0.591. The number of hydrogen-bond donors (Lipinski definition) is 1. The number of nitrogens with zero attached hydrogens (tertiary/aromatic N) is 2. The minimum absolute atomic E-state index is 0.0160. The van der Waals surface area contributed by atoms with E-state index in [1.807, 2.05) is 28.0 Å². The summed E-state index contributed by atoms with van der Waals surface area (Å²) in [6.45, 7) is 4.30. The van der Waals surface area contributed by atoms with Gasteiger partial charge in [-0.15, -0.1) is 0 Å². The Morgan fingerprint density at radius 2 is 1.89 bits per heavy atom. The number of carboxylic acid groups (broad SMARTS) is 1. The van der Waals surface area contributed by atoms with Crippen molar-refractivity contribution in [3.8, 4) is 0 Å². The van der Waals surface area contributed by atoms with Gasteiger partial charge in [0, 0.05) is 37.7 Å². The smallest absolute Gasteiger partial charge is 0.320 e. The van der Waals surface area contributed by atoms with E-state index in [4.69, 9.17) is 0 Å². The van der Waals surface area contributed by atoms with Crippen molar-refractivity contribution in [2.45, 2.75) is 51.6 Å². The SMILES string of the molecule is CC(=O)c1cccc(CN2CC3(CCN(C(=O)C4CC4)CC3)C[C@H]2C(=O)O)c1. The molecule has 1 aromatic rings. The molecular formula is C22H28N2O4. The molecule has 4 rings (SSSR count). The number of ketones is 1. The van der Waals surface area contributed by atoms with Gasteiger partial charge in [0.05, 0.1) is 0 Å². The molecule has 2 aliphatic heterocycles. The van der Waals surface area contributed by atoms with Gasteiger partial charge in [0.2, 0.25) is 5.91 Å². The first-order chi connectivity index (χ1) is 13.4. The molecule has 1 aliphatic carbocycles. The van der Waals surface area contributed by atoms with Crippen LogP contribution in [0.4, 0.5) is 0 Å². The molecule has 28 heavy (non-hydrogen) atoms. The largest absolute Gasteiger partial charge is 0.480 e. The van der Waals surface area contributed by atoms with Crippen LogP contribution in [-0.4, -0.2) is 58.2 Å². The number of hydrogen-bond acceptors (Lipinski definition) is 4. The summed E-state index contributed by atoms with van der Waals surface area (Å²) < 4.78 is 0. The topological polar surface area (TPSA) is 77.9 Å². The van der Waals surface area contributed by atoms with Gasteiger partial charge in [-0.3, -0.25) is 19.3 Å². The zero-order valence-electron chi connectivity index (χ0n) is 16.4. The van der Waals surface area contributed by atoms with Crippen molar-refractivity contribution in [2.24, 2.45) is 11.3 Å². The lowest BCUT2D eigenvalue weighted by molar-refractivity contribution is -0.142. The third-order valence-electron chi connectivity index (χ3n) is 6.67. The first-order valence-electron chi connectivity index (χ1n) is 10.2. The normalized spacial score (nSPS) is 24.5. The minimum atomic E-state index is -0.781. The Labute approximate surface area is 165 Å². The number of rotatable bonds is 5. The Balaban J connectivity index is 1.45. The summed E-state index contributed by atoms with van der Waals surface area (Å²) in [5, 5.41) is 9.78. The van der Waals surface area contributed by atoms with Crippen LogP contribution >= 0.6 is 0 Å². The number of piperidine rings is 1. The van der Waals surface area contributed by atoms with E-state index in [0.717, 1.165) is 50.9 Å². The van der Waals surface area contributed by atoms with Gasteiger partial charge in [0.25, 0.3) is 0 Å². The molecule has 2 heterocycles. The average Bonchev–Trinajstić information content (AvgIpc) is 3.46. The Bertz CT molecular complexity index is 793. The van der Waals surface area contributed by atoms with Crippen LogP contribution in [-0.2, 0) is 16.1 Å². The molecule has 1 aromatic carbocycles. The van der Waals surface area contributed by atoms with Gasteiger partial charge in [-0.05, 0) is 56.1 Å². The maximum atomic E-state index is 12.3. The highest BCUT2D eigenvalue weighted by Gasteiger charge is 2.49. The molecule has 0 bridgehead atoms. The third-order valence-corrected chi connectivity index (χ3v) is 6.67. The van der Waals surface area contributed by atoms with E-state index in [9.17, 15) is 19.5 Å². The zero-order chi connectivity index (χ0) is 19.9. The van der Waals surface area contributed by atoms with Crippen molar-refractivity contribution in [3.63, 3.8) is 0 Å². The van der Waals surface area contributed by atoms with E-state index < -0.39 is 12.0 Å². The molecule has 2 saturated heterocycles. The second kappa shape index (κ2) is 7.32. The highest BCUT2D eigenvalue weighted by Crippen LogP contribution is 2.45. The fourth-order valence-electron chi connectivity index (χ4n) is 4.83. The zero-order valence-corrected chi connectivity index (χ0v) is 16.4. The molecule has 1 N–H and O–H groups in total. The van der Waals surface area contributed by atoms with Crippen molar-refractivity contribution < 1.29 is 19.5 Å². The van der Waals surface area contributed by atoms with E-state index in [1.54, 1.807) is 13.0 Å². The first kappa shape index (κ1) is 19.1. The molecule has 6 heteroatoms. The molecule has 0 radical (unpaired) electrons. The van der Waals surface area contributed by atoms with Crippen LogP contribution in [0.15, 0.2) is 24.3 Å². The van der Waals surface area contributed by atoms with Crippen molar-refractivity contribution in [3.05, 3.63) is 35.4 Å². The Hall–Kier alpha value is -2.21. The summed E-state index contributed by atoms with van der Waals surface area (Å²) in [5.74, 6) is -0.228. The standard InChI is InChI=1S/C22H28N2O4/c1-15(25)18-4-2-3-16(11-18)13-24-14-22(12-19(24)21(27)28)7-9-23(10-8-22)20(26)17-5-6-17/h2-4,11,17,19H,5-10,12-14H2,1H3,(H,27,28)/t19-/m0/s1. The number of carbonyl (C=O) groups is 3. The van der Waals surface area contributed by atoms with Crippen molar-refractivity contribution in [2.75, 3.05) is 19.6 Å². The van der Waals surface area contributed by atoms with Gasteiger partial charge < -0.3 is 10.0 Å². The molecule has 1 atom stereocenters. The van der Waals surface area contributed by atoms with Gasteiger partial charge >= 0.3 is 5.97 Å². The molecule has 0 aromatic heterocycles. The molecule has 1 amide bonds. The first-order valence-corrected chi connectivity index (χ1v) is 10.2. The number of aliphatic carboxylic acids is 1. The summed E-state index contributed by atoms with van der Waals surface area (Å²) >= 11 is 0. The highest BCUT2D eigenvalue weighted by atomic mass is 16.4. The van der Waals surface area contributed by atoms with Crippen molar-refractivity contribution in [1.82, 2.24) is 9.80 Å². The second-order valence-corrected chi connectivity index (χ2v) is 8.82. The Kier molecular flexibility index (Phi) is 5.00. The van der Waals surface area contributed by atoms with Crippen LogP contribution in [0.3, 0.4) is 0 Å². The van der Waals surface area contributed by atoms with Gasteiger partial charge in [0.1, 0.15) is 6.04 Å². The average molecular weight is 384 g/mol. The van der Waals surface area contributed by atoms with Crippen LogP contribution in [0.5, 0.6) is 0 Å². The lowest BCUT2D eigenvalue weighted by Crippen LogP contribution is -2.44. The number of Topliss-reactive ketones (excluding diaryl/α,β-unsaturated/α-hetero) is 1. The lowest BCUT2D eigenvalue weighted by atomic mass is 9.76. The van der Waals surface area contributed by atoms with E-state index in [1.165, 1.54) is 0 Å². The highest BCUT2D eigenvalue weighted by molar-refractivity contribution is 5.94. The molecule has 0 unspecified atom stereocenters. The van der Waals surface area contributed by atoms with E-state index in [0.29, 0.717) is 24.4 Å². The van der Waals surface area contributed by atoms with Crippen molar-refractivity contribution in [1.29, 1.82) is 0 Å². The van der Waals surface area contributed by atoms with Crippen LogP contribution in [0, 0.1) is 11.3 Å². The third kappa shape index (κ3) is 3.83. The predicted molar refractivity (Wildman–Crippen MR) is 104 cm³/mol. The Morgan fingerprint density at radius 1 is 1.18 bits per heavy atom. The van der Waals surface area contributed by atoms with E-state index in [-0.39, 0.29) is 17.1 Å². The Morgan fingerprint density at radius 3 is 2.50 bits per heavy atom. The van der Waals surface area contributed by atoms with Crippen LogP contribution < -0.4 is 0 Å². The molecular weight excluding hydrogens is 356 g/mol. The molecule has 1 saturated carbocycles. The maximum Gasteiger partial charge on any atom is 0.320 e. The second-order valence-electron chi connectivity index (χ2n) is 8.82. The van der Waals surface area contributed by atoms with Crippen LogP contribution in [0.1, 0.15) is 54.9 Å². The van der Waals surface area contributed by atoms with Crippen LogP contribution in [0.25, 0.3) is 0 Å². The number of carboxylic acids is 1. The van der Waals surface area contributed by atoms with E-state index >= 15 is 0 Å². The van der Waals surface area contributed by atoms with E-state index in [2.05, 4.69) is 0 Å². The number of amides is 1. The summed E-state index contributed by atoms with van der Waals surface area (Å²) in [7, 11) is 0. The maximum absolute atomic E-state index is 12.3. The molecule has 1 spiro atoms. The predicted octanol–water partition coefficient (Wildman–Crippen LogP) is 2.57. The summed E-state index contributed by atoms with van der Waals surface area (Å²) in [6.07, 6.45) is 4.43. The number of benzene rings is 1. The molecule has 3 fully saturated rings. The van der Waals surface area contributed by atoms with Gasteiger partial charge in [-0.1, -0.05) is 18.2 Å². The molecule has 150 valence electrons. The monoisotopic (exact) mass is 384 g/mol. The number of likely N-dealkylation sites (tertiary alicyclic amines) is 2. The molecule has 3 aliphatic rings. The fourth-order valence-corrected chi connectivity index (χ4v) is 4.83. The van der Waals surface area contributed by atoms with Gasteiger partial charge in [-0.25, -0.2) is 0 Å². The van der Waals surface area contributed by atoms with Gasteiger partial charge in [0.15, 0.2) is 5.78 Å². The van der Waals surface area contributed by atoms with Gasteiger partial charge in [-0.2, -0.15) is 0 Å². The minimum Gasteiger partial charge on any atom is -0.480 e. The van der Waals surface area contributed by atoms with Crippen molar-refractivity contribution >= 4 is 17.7 Å².